The van der Waals surface area contributed by atoms with Crippen LogP contribution in [0, 0.1) is 0 Å². The number of halogens is 2. The van der Waals surface area contributed by atoms with Gasteiger partial charge in [0.15, 0.2) is 0 Å². The van der Waals surface area contributed by atoms with Gasteiger partial charge in [0.25, 0.3) is 0 Å². The molecule has 3 aromatic rings. The number of benzene rings is 1. The molecule has 0 fully saturated rings. The van der Waals surface area contributed by atoms with Crippen LogP contribution in [0.4, 0.5) is 5.69 Å². The van der Waals surface area contributed by atoms with Crippen LogP contribution >= 0.6 is 24.8 Å². The molecule has 0 bridgehead atoms. The molecule has 2 aromatic heterocycles. The van der Waals surface area contributed by atoms with E-state index in [1.165, 1.54) is 0 Å². The first-order valence-electron chi connectivity index (χ1n) is 7.07. The van der Waals surface area contributed by atoms with Crippen molar-refractivity contribution in [2.24, 2.45) is 0 Å². The molecule has 0 atom stereocenters. The molecule has 1 aromatic carbocycles. The van der Waals surface area contributed by atoms with Crippen LogP contribution in [-0.4, -0.2) is 33.2 Å². The summed E-state index contributed by atoms with van der Waals surface area (Å²) in [6.07, 6.45) is 5.20. The van der Waals surface area contributed by atoms with Crippen molar-refractivity contribution in [2.45, 2.75) is 19.3 Å². The van der Waals surface area contributed by atoms with Gasteiger partial charge in [-0.2, -0.15) is 0 Å². The number of anilines is 1. The topological polar surface area (TPSA) is 78.8 Å². The molecule has 0 amide bonds. The van der Waals surface area contributed by atoms with Gasteiger partial charge in [-0.15, -0.1) is 24.8 Å². The highest BCUT2D eigenvalue weighted by Crippen LogP contribution is 2.32. The number of nitrogens with two attached hydrogens (primary N) is 1. The lowest BCUT2D eigenvalue weighted by molar-refractivity contribution is 0.145. The van der Waals surface area contributed by atoms with E-state index in [0.29, 0.717) is 18.2 Å². The Morgan fingerprint density at radius 3 is 2.58 bits per heavy atom. The van der Waals surface area contributed by atoms with E-state index in [9.17, 15) is 0 Å². The van der Waals surface area contributed by atoms with Crippen molar-refractivity contribution in [2.75, 3.05) is 19.5 Å². The molecule has 0 aliphatic heterocycles. The van der Waals surface area contributed by atoms with Crippen LogP contribution in [0.1, 0.15) is 19.5 Å². The van der Waals surface area contributed by atoms with Crippen molar-refractivity contribution in [3.63, 3.8) is 0 Å². The van der Waals surface area contributed by atoms with Gasteiger partial charge in [0.2, 0.25) is 5.95 Å². The third-order valence-corrected chi connectivity index (χ3v) is 3.63. The molecule has 24 heavy (non-hydrogen) atoms. The maximum Gasteiger partial charge on any atom is 0.235 e. The average molecular weight is 370 g/mol. The van der Waals surface area contributed by atoms with Crippen LogP contribution < -0.4 is 5.73 Å². The van der Waals surface area contributed by atoms with Gasteiger partial charge in [-0.25, -0.2) is 15.0 Å². The first kappa shape index (κ1) is 20.2. The van der Waals surface area contributed by atoms with E-state index in [-0.39, 0.29) is 30.2 Å². The number of nitrogen functional groups attached to an aromatic ring is 1. The van der Waals surface area contributed by atoms with Gasteiger partial charge in [-0.1, -0.05) is 19.9 Å². The van der Waals surface area contributed by atoms with Gasteiger partial charge >= 0.3 is 0 Å². The lowest BCUT2D eigenvalue weighted by Gasteiger charge is -2.25. The normalized spacial score (nSPS) is 11.0. The molecule has 0 aliphatic carbocycles. The van der Waals surface area contributed by atoms with Crippen LogP contribution in [0.3, 0.4) is 0 Å². The zero-order valence-electron chi connectivity index (χ0n) is 13.8. The first-order valence-corrected chi connectivity index (χ1v) is 7.07. The Bertz CT molecular complexity index is 806. The number of nitrogens with zero attached hydrogens (tertiary/aromatic N) is 4. The molecule has 130 valence electrons. The Balaban J connectivity index is 0.00000144. The third kappa shape index (κ3) is 3.61. The number of aromatic nitrogens is 4. The Hall–Kier alpha value is -1.89. The Morgan fingerprint density at radius 2 is 1.96 bits per heavy atom. The quantitative estimate of drug-likeness (QED) is 0.714. The molecule has 0 spiro atoms. The maximum absolute atomic E-state index is 6.18. The lowest BCUT2D eigenvalue weighted by Crippen LogP contribution is -2.26. The van der Waals surface area contributed by atoms with E-state index in [1.54, 1.807) is 24.2 Å². The Morgan fingerprint density at radius 1 is 1.21 bits per heavy atom. The monoisotopic (exact) mass is 369 g/mol. The number of methoxy groups -OCH3 is 1. The molecule has 0 radical (unpaired) electrons. The predicted octanol–water partition coefficient (Wildman–Crippen LogP) is 3.17. The van der Waals surface area contributed by atoms with Gasteiger partial charge in [-0.3, -0.25) is 4.57 Å². The van der Waals surface area contributed by atoms with Crippen molar-refractivity contribution < 1.29 is 4.74 Å². The fourth-order valence-electron chi connectivity index (χ4n) is 2.61. The SMILES string of the molecule is COCC(C)(C)c1nc(-n2ccnc2)nc2cccc(N)c12.Cl.Cl. The predicted molar refractivity (Wildman–Crippen MR) is 100 cm³/mol. The van der Waals surface area contributed by atoms with Crippen LogP contribution in [0.15, 0.2) is 36.9 Å². The van der Waals surface area contributed by atoms with Gasteiger partial charge in [0.05, 0.1) is 17.8 Å². The van der Waals surface area contributed by atoms with Crippen molar-refractivity contribution >= 4 is 41.4 Å². The minimum Gasteiger partial charge on any atom is -0.398 e. The highest BCUT2D eigenvalue weighted by atomic mass is 35.5. The highest BCUT2D eigenvalue weighted by molar-refractivity contribution is 5.93. The molecule has 3 rings (SSSR count). The lowest BCUT2D eigenvalue weighted by atomic mass is 9.87. The van der Waals surface area contributed by atoms with Gasteiger partial charge in [-0.05, 0) is 12.1 Å². The highest BCUT2D eigenvalue weighted by Gasteiger charge is 2.27. The standard InChI is InChI=1S/C16H19N5O.2ClH/c1-16(2,9-22-3)14-13-11(17)5-4-6-12(13)19-15(20-14)21-8-7-18-10-21;;/h4-8,10H,9,17H2,1-3H3;2*1H. The number of rotatable bonds is 4. The van der Waals surface area contributed by atoms with Crippen molar-refractivity contribution in [3.05, 3.63) is 42.6 Å². The largest absolute Gasteiger partial charge is 0.398 e. The Labute approximate surface area is 153 Å². The average Bonchev–Trinajstić information content (AvgIpc) is 3.00. The molecular weight excluding hydrogens is 349 g/mol. The number of hydrogen-bond acceptors (Lipinski definition) is 5. The molecule has 0 aliphatic rings. The van der Waals surface area contributed by atoms with Gasteiger partial charge in [0.1, 0.15) is 6.33 Å². The second-order valence-electron chi connectivity index (χ2n) is 5.90. The van der Waals surface area contributed by atoms with E-state index in [0.717, 1.165) is 16.6 Å². The first-order chi connectivity index (χ1) is 10.5. The summed E-state index contributed by atoms with van der Waals surface area (Å²) in [5, 5.41) is 0.883. The van der Waals surface area contributed by atoms with E-state index in [4.69, 9.17) is 15.5 Å². The number of imidazole rings is 1. The maximum atomic E-state index is 6.18. The summed E-state index contributed by atoms with van der Waals surface area (Å²) in [5.74, 6) is 0.578. The number of hydrogen-bond donors (Lipinski definition) is 1. The fourth-order valence-corrected chi connectivity index (χ4v) is 2.61. The zero-order valence-corrected chi connectivity index (χ0v) is 15.4. The minimum absolute atomic E-state index is 0. The molecule has 0 unspecified atom stereocenters. The summed E-state index contributed by atoms with van der Waals surface area (Å²) >= 11 is 0. The summed E-state index contributed by atoms with van der Waals surface area (Å²) in [6.45, 7) is 4.71. The summed E-state index contributed by atoms with van der Waals surface area (Å²) in [4.78, 5) is 13.4. The molecular formula is C16H21Cl2N5O. The van der Waals surface area contributed by atoms with Crippen molar-refractivity contribution in [1.82, 2.24) is 19.5 Å². The zero-order chi connectivity index (χ0) is 15.7. The third-order valence-electron chi connectivity index (χ3n) is 3.63. The van der Waals surface area contributed by atoms with Crippen LogP contribution in [0.5, 0.6) is 0 Å². The van der Waals surface area contributed by atoms with Crippen molar-refractivity contribution in [1.29, 1.82) is 0 Å². The Kier molecular flexibility index (Phi) is 6.54. The van der Waals surface area contributed by atoms with E-state index < -0.39 is 0 Å². The second-order valence-corrected chi connectivity index (χ2v) is 5.90. The van der Waals surface area contributed by atoms with Crippen LogP contribution in [0.25, 0.3) is 16.9 Å². The van der Waals surface area contributed by atoms with E-state index >= 15 is 0 Å². The smallest absolute Gasteiger partial charge is 0.235 e. The second kappa shape index (κ2) is 7.79. The summed E-state index contributed by atoms with van der Waals surface area (Å²) < 4.78 is 7.15. The van der Waals surface area contributed by atoms with Gasteiger partial charge < -0.3 is 10.5 Å². The molecule has 0 saturated carbocycles. The molecule has 2 heterocycles. The molecule has 0 saturated heterocycles. The van der Waals surface area contributed by atoms with E-state index in [1.807, 2.05) is 24.4 Å². The van der Waals surface area contributed by atoms with Gasteiger partial charge in [0, 0.05) is 36.0 Å². The van der Waals surface area contributed by atoms with Crippen LogP contribution in [-0.2, 0) is 10.2 Å². The van der Waals surface area contributed by atoms with Crippen LogP contribution in [0.2, 0.25) is 0 Å². The fraction of sp³-hybridized carbons (Fsp3) is 0.312. The molecule has 2 N–H and O–H groups in total. The van der Waals surface area contributed by atoms with Crippen molar-refractivity contribution in [3.8, 4) is 5.95 Å². The van der Waals surface area contributed by atoms with E-state index in [2.05, 4.69) is 23.8 Å². The number of fused-ring (bicyclic) bond motifs is 1. The summed E-state index contributed by atoms with van der Waals surface area (Å²) in [5.41, 5.74) is 8.26. The molecule has 6 nitrogen and oxygen atoms in total. The minimum atomic E-state index is -0.291. The molecule has 8 heteroatoms. The summed E-state index contributed by atoms with van der Waals surface area (Å²) in [7, 11) is 1.69. The number of ether oxygens (including phenoxy) is 1. The summed E-state index contributed by atoms with van der Waals surface area (Å²) in [6, 6.07) is 5.71.